The second kappa shape index (κ2) is 17.2. The van der Waals surface area contributed by atoms with E-state index in [1.54, 1.807) is 0 Å². The Balaban J connectivity index is 1.03. The zero-order valence-electron chi connectivity index (χ0n) is 41.8. The van der Waals surface area contributed by atoms with Crippen molar-refractivity contribution in [2.24, 2.45) is 0 Å². The van der Waals surface area contributed by atoms with Gasteiger partial charge in [-0.25, -0.2) is 9.97 Å². The summed E-state index contributed by atoms with van der Waals surface area (Å²) in [6.45, 7) is -0.136. The first-order valence-electron chi connectivity index (χ1n) is 26.5. The first-order chi connectivity index (χ1) is 38.1. The van der Waals surface area contributed by atoms with Crippen LogP contribution in [0.4, 0.5) is 34.1 Å². The Morgan fingerprint density at radius 2 is 0.662 bits per heavy atom. The highest BCUT2D eigenvalue weighted by atomic mass is 15.2. The van der Waals surface area contributed by atoms with Crippen LogP contribution in [0.2, 0.25) is 0 Å². The molecule has 5 heteroatoms. The molecule has 0 spiro atoms. The molecule has 0 unspecified atom stereocenters. The Morgan fingerprint density at radius 1 is 0.273 bits per heavy atom. The van der Waals surface area contributed by atoms with Gasteiger partial charge >= 0.3 is 0 Å². The Labute approximate surface area is 446 Å². The van der Waals surface area contributed by atoms with Crippen LogP contribution in [-0.4, -0.2) is 16.7 Å². The number of nitrogens with zero attached hydrogens (tertiary/aromatic N) is 4. The van der Waals surface area contributed by atoms with E-state index in [0.29, 0.717) is 5.82 Å². The van der Waals surface area contributed by atoms with Gasteiger partial charge in [0.05, 0.1) is 11.2 Å². The molecule has 16 rings (SSSR count). The predicted octanol–water partition coefficient (Wildman–Crippen LogP) is 17.0. The summed E-state index contributed by atoms with van der Waals surface area (Å²) in [6, 6.07) is 100. The van der Waals surface area contributed by atoms with Crippen molar-refractivity contribution in [1.29, 1.82) is 0 Å². The van der Waals surface area contributed by atoms with Crippen molar-refractivity contribution in [3.8, 4) is 44.9 Å². The minimum absolute atomic E-state index is 0.136. The standard InChI is InChI=1S/C72H45BN4/c1-4-16-46(17-5-1)48-28-32-60(33-29-48)76-66-42-57-38-53-24-12-10-22-51(53)36-55(57)40-63(66)73-64-41-56-37-52-23-11-13-25-54(52)39-58(56)43-67(64)77(61-34-30-49(31-35-61)47-18-6-2-7-19-47)69-45-59(44-68(76)70(69)73)72-74-65-27-15-14-26-62(65)71(75-72)50-20-8-3-9-21-50/h1-45H. The zero-order chi connectivity index (χ0) is 50.6. The molecular weight excluding hydrogens is 932 g/mol. The van der Waals surface area contributed by atoms with Gasteiger partial charge in [-0.15, -0.1) is 0 Å². The van der Waals surface area contributed by atoms with Crippen LogP contribution in [0.3, 0.4) is 0 Å². The fraction of sp³-hybridized carbons (Fsp3) is 0. The van der Waals surface area contributed by atoms with Crippen LogP contribution >= 0.6 is 0 Å². The lowest BCUT2D eigenvalue weighted by Crippen LogP contribution is -2.61. The van der Waals surface area contributed by atoms with Crippen molar-refractivity contribution in [2.75, 3.05) is 9.80 Å². The highest BCUT2D eigenvalue weighted by Gasteiger charge is 2.44. The molecule has 0 amide bonds. The lowest BCUT2D eigenvalue weighted by Gasteiger charge is -2.44. The molecule has 2 aliphatic heterocycles. The molecule has 0 saturated carbocycles. The van der Waals surface area contributed by atoms with Gasteiger partial charge in [-0.05, 0) is 161 Å². The largest absolute Gasteiger partial charge is 0.311 e. The van der Waals surface area contributed by atoms with Crippen LogP contribution in [-0.2, 0) is 0 Å². The molecule has 13 aromatic carbocycles. The Hall–Kier alpha value is -10.1. The van der Waals surface area contributed by atoms with Crippen molar-refractivity contribution in [1.82, 2.24) is 9.97 Å². The van der Waals surface area contributed by atoms with Gasteiger partial charge in [0.25, 0.3) is 6.71 Å². The van der Waals surface area contributed by atoms with E-state index >= 15 is 0 Å². The average Bonchev–Trinajstić information content (AvgIpc) is 3.58. The van der Waals surface area contributed by atoms with Crippen LogP contribution in [0.5, 0.6) is 0 Å². The van der Waals surface area contributed by atoms with E-state index in [-0.39, 0.29) is 6.71 Å². The van der Waals surface area contributed by atoms with Gasteiger partial charge < -0.3 is 9.80 Å². The minimum atomic E-state index is -0.136. The number of para-hydroxylation sites is 1. The molecule has 0 aliphatic carbocycles. The van der Waals surface area contributed by atoms with Gasteiger partial charge in [0.1, 0.15) is 0 Å². The molecule has 0 fully saturated rings. The van der Waals surface area contributed by atoms with Gasteiger partial charge in [0, 0.05) is 50.6 Å². The third-order valence-electron chi connectivity index (χ3n) is 16.1. The maximum Gasteiger partial charge on any atom is 0.252 e. The van der Waals surface area contributed by atoms with Gasteiger partial charge in [-0.1, -0.05) is 194 Å². The summed E-state index contributed by atoms with van der Waals surface area (Å²) < 4.78 is 0. The molecule has 0 saturated heterocycles. The normalized spacial score (nSPS) is 12.6. The van der Waals surface area contributed by atoms with E-state index in [4.69, 9.17) is 9.97 Å². The average molecular weight is 977 g/mol. The molecule has 2 aliphatic rings. The molecule has 3 heterocycles. The lowest BCUT2D eigenvalue weighted by molar-refractivity contribution is 1.21. The van der Waals surface area contributed by atoms with Gasteiger partial charge in [-0.3, -0.25) is 0 Å². The van der Waals surface area contributed by atoms with Crippen molar-refractivity contribution < 1.29 is 0 Å². The van der Waals surface area contributed by atoms with E-state index in [1.807, 2.05) is 0 Å². The molecule has 1 aromatic heterocycles. The first kappa shape index (κ1) is 43.3. The minimum Gasteiger partial charge on any atom is -0.311 e. The number of aromatic nitrogens is 2. The topological polar surface area (TPSA) is 32.3 Å². The van der Waals surface area contributed by atoms with Crippen LogP contribution in [0, 0.1) is 0 Å². The summed E-state index contributed by atoms with van der Waals surface area (Å²) in [4.78, 5) is 16.1. The SMILES string of the molecule is c1ccc(-c2ccc(N3c4cc5cc6ccccc6cc5cc4B4c5cc6cc7ccccc7cc6cc5N(c5ccc(-c6ccccc6)cc5)c5cc(-c6nc(-c7ccccc7)c7ccccc7n6)cc3c54)cc2)cc1. The van der Waals surface area contributed by atoms with Crippen molar-refractivity contribution >= 4 is 111 Å². The highest BCUT2D eigenvalue weighted by molar-refractivity contribution is 7.00. The van der Waals surface area contributed by atoms with Gasteiger partial charge in [0.2, 0.25) is 0 Å². The molecule has 356 valence electrons. The van der Waals surface area contributed by atoms with Crippen LogP contribution < -0.4 is 26.2 Å². The quantitative estimate of drug-likeness (QED) is 0.123. The van der Waals surface area contributed by atoms with Crippen LogP contribution in [0.25, 0.3) is 98.9 Å². The number of benzene rings is 13. The number of fused-ring (bicyclic) bond motifs is 9. The molecule has 0 bridgehead atoms. The van der Waals surface area contributed by atoms with Crippen molar-refractivity contribution in [3.05, 3.63) is 273 Å². The summed E-state index contributed by atoms with van der Waals surface area (Å²) in [5.41, 5.74) is 18.9. The Kier molecular flexibility index (Phi) is 9.70. The maximum atomic E-state index is 5.57. The first-order valence-corrected chi connectivity index (χ1v) is 26.5. The predicted molar refractivity (Wildman–Crippen MR) is 325 cm³/mol. The lowest BCUT2D eigenvalue weighted by atomic mass is 9.33. The fourth-order valence-electron chi connectivity index (χ4n) is 12.4. The van der Waals surface area contributed by atoms with Gasteiger partial charge in [-0.2, -0.15) is 0 Å². The molecule has 0 atom stereocenters. The summed E-state index contributed by atoms with van der Waals surface area (Å²) in [5, 5.41) is 10.7. The van der Waals surface area contributed by atoms with E-state index < -0.39 is 0 Å². The Bertz CT molecular complexity index is 4440. The number of hydrogen-bond donors (Lipinski definition) is 0. The van der Waals surface area contributed by atoms with Crippen molar-refractivity contribution in [3.63, 3.8) is 0 Å². The summed E-state index contributed by atoms with van der Waals surface area (Å²) >= 11 is 0. The second-order valence-corrected chi connectivity index (χ2v) is 20.6. The van der Waals surface area contributed by atoms with Crippen molar-refractivity contribution in [2.45, 2.75) is 0 Å². The fourth-order valence-corrected chi connectivity index (χ4v) is 12.4. The second-order valence-electron chi connectivity index (χ2n) is 20.6. The number of anilines is 6. The third kappa shape index (κ3) is 7.09. The summed E-state index contributed by atoms with van der Waals surface area (Å²) in [7, 11) is 0. The van der Waals surface area contributed by atoms with E-state index in [2.05, 4.69) is 283 Å². The van der Waals surface area contributed by atoms with E-state index in [0.717, 1.165) is 61.8 Å². The zero-order valence-corrected chi connectivity index (χ0v) is 41.8. The molecule has 4 nitrogen and oxygen atoms in total. The molecule has 77 heavy (non-hydrogen) atoms. The molecular formula is C72H45BN4. The molecule has 0 radical (unpaired) electrons. The molecule has 0 N–H and O–H groups in total. The Morgan fingerprint density at radius 3 is 1.13 bits per heavy atom. The molecule has 14 aromatic rings. The van der Waals surface area contributed by atoms with Gasteiger partial charge in [0.15, 0.2) is 5.82 Å². The summed E-state index contributed by atoms with van der Waals surface area (Å²) in [5.74, 6) is 0.670. The van der Waals surface area contributed by atoms with Crippen LogP contribution in [0.15, 0.2) is 273 Å². The highest BCUT2D eigenvalue weighted by Crippen LogP contribution is 2.48. The van der Waals surface area contributed by atoms with E-state index in [1.165, 1.54) is 81.7 Å². The van der Waals surface area contributed by atoms with Crippen LogP contribution in [0.1, 0.15) is 0 Å². The maximum absolute atomic E-state index is 5.57. The monoisotopic (exact) mass is 976 g/mol. The number of hydrogen-bond acceptors (Lipinski definition) is 4. The third-order valence-corrected chi connectivity index (χ3v) is 16.1. The number of rotatable bonds is 6. The van der Waals surface area contributed by atoms with E-state index in [9.17, 15) is 0 Å². The summed E-state index contributed by atoms with van der Waals surface area (Å²) in [6.07, 6.45) is 0. The smallest absolute Gasteiger partial charge is 0.252 e.